The second-order valence-electron chi connectivity index (χ2n) is 7.67. The minimum absolute atomic E-state index is 0.0496. The third kappa shape index (κ3) is 4.11. The van der Waals surface area contributed by atoms with Crippen LogP contribution in [0, 0.1) is 11.3 Å². The fourth-order valence-electron chi connectivity index (χ4n) is 3.98. The molecular formula is C24H22N4O3. The van der Waals surface area contributed by atoms with Crippen molar-refractivity contribution in [3.05, 3.63) is 71.9 Å². The van der Waals surface area contributed by atoms with E-state index in [4.69, 9.17) is 0 Å². The second kappa shape index (κ2) is 8.54. The lowest BCUT2D eigenvalue weighted by molar-refractivity contribution is 0.0428. The van der Waals surface area contributed by atoms with Crippen molar-refractivity contribution < 1.29 is 14.7 Å². The lowest BCUT2D eigenvalue weighted by Crippen LogP contribution is -2.58. The van der Waals surface area contributed by atoms with Gasteiger partial charge in [0.25, 0.3) is 5.91 Å². The number of hydrogen-bond donors (Lipinski definition) is 1. The summed E-state index contributed by atoms with van der Waals surface area (Å²) < 4.78 is 0. The number of aromatic nitrogens is 1. The molecule has 3 aromatic rings. The molecule has 7 nitrogen and oxygen atoms in total. The summed E-state index contributed by atoms with van der Waals surface area (Å²) in [5.74, 6) is -0.293. The molecule has 1 saturated heterocycles. The van der Waals surface area contributed by atoms with Gasteiger partial charge in [0, 0.05) is 36.6 Å². The van der Waals surface area contributed by atoms with Crippen LogP contribution in [0.5, 0.6) is 5.75 Å². The van der Waals surface area contributed by atoms with Gasteiger partial charge in [0.2, 0.25) is 5.78 Å². The second-order valence-corrected chi connectivity index (χ2v) is 7.67. The number of piperazine rings is 1. The summed E-state index contributed by atoms with van der Waals surface area (Å²) in [5, 5.41) is 20.1. The molecule has 31 heavy (non-hydrogen) atoms. The standard InChI is InChI=1S/C24H22N4O3/c1-16-15-27(24(31)17-5-3-2-4-6-17)11-12-28(16)22(14-25)23(30)21-9-7-18-13-19(29)8-10-20(18)26-21/h2-10,13,16,22,29H,11-12,15H2,1H3. The number of amides is 1. The molecule has 1 N–H and O–H groups in total. The van der Waals surface area contributed by atoms with E-state index in [1.165, 1.54) is 6.07 Å². The van der Waals surface area contributed by atoms with E-state index in [0.717, 1.165) is 0 Å². The van der Waals surface area contributed by atoms with Gasteiger partial charge in [0.05, 0.1) is 11.6 Å². The number of aromatic hydroxyl groups is 1. The van der Waals surface area contributed by atoms with Crippen molar-refractivity contribution in [2.45, 2.75) is 19.0 Å². The van der Waals surface area contributed by atoms with Gasteiger partial charge in [-0.3, -0.25) is 14.5 Å². The van der Waals surface area contributed by atoms with Gasteiger partial charge in [-0.1, -0.05) is 24.3 Å². The predicted molar refractivity (Wildman–Crippen MR) is 116 cm³/mol. The predicted octanol–water partition coefficient (Wildman–Crippen LogP) is 2.86. The van der Waals surface area contributed by atoms with Gasteiger partial charge >= 0.3 is 0 Å². The molecule has 0 radical (unpaired) electrons. The van der Waals surface area contributed by atoms with Crippen molar-refractivity contribution in [2.24, 2.45) is 0 Å². The third-order valence-corrected chi connectivity index (χ3v) is 5.61. The molecule has 0 spiro atoms. The molecule has 0 bridgehead atoms. The van der Waals surface area contributed by atoms with E-state index < -0.39 is 6.04 Å². The van der Waals surface area contributed by atoms with Gasteiger partial charge in [-0.25, -0.2) is 4.98 Å². The summed E-state index contributed by atoms with van der Waals surface area (Å²) in [6.45, 7) is 3.21. The van der Waals surface area contributed by atoms with E-state index in [1.54, 1.807) is 41.3 Å². The van der Waals surface area contributed by atoms with Crippen molar-refractivity contribution in [1.29, 1.82) is 5.26 Å². The molecule has 4 rings (SSSR count). The number of Topliss-reactive ketones (excluding diaryl/α,β-unsaturated/α-hetero) is 1. The highest BCUT2D eigenvalue weighted by molar-refractivity contribution is 6.02. The first kappa shape index (κ1) is 20.5. The number of nitrogens with zero attached hydrogens (tertiary/aromatic N) is 4. The Labute approximate surface area is 180 Å². The van der Waals surface area contributed by atoms with E-state index >= 15 is 0 Å². The average Bonchev–Trinajstić information content (AvgIpc) is 2.80. The third-order valence-electron chi connectivity index (χ3n) is 5.61. The molecule has 1 amide bonds. The Morgan fingerprint density at radius 1 is 1.13 bits per heavy atom. The van der Waals surface area contributed by atoms with Crippen LogP contribution in [-0.4, -0.2) is 63.3 Å². The van der Waals surface area contributed by atoms with Crippen molar-refractivity contribution in [3.8, 4) is 11.8 Å². The Kier molecular flexibility index (Phi) is 5.65. The summed E-state index contributed by atoms with van der Waals surface area (Å²) in [6.07, 6.45) is 0. The monoisotopic (exact) mass is 414 g/mol. The van der Waals surface area contributed by atoms with Gasteiger partial charge in [-0.2, -0.15) is 5.26 Å². The number of carbonyl (C=O) groups excluding carboxylic acids is 2. The Balaban J connectivity index is 1.50. The van der Waals surface area contributed by atoms with Crippen LogP contribution in [0.25, 0.3) is 10.9 Å². The Bertz CT molecular complexity index is 1170. The van der Waals surface area contributed by atoms with Crippen LogP contribution in [0.1, 0.15) is 27.8 Å². The zero-order valence-electron chi connectivity index (χ0n) is 17.1. The van der Waals surface area contributed by atoms with Crippen molar-refractivity contribution in [3.63, 3.8) is 0 Å². The lowest BCUT2D eigenvalue weighted by atomic mass is 10.0. The van der Waals surface area contributed by atoms with Gasteiger partial charge < -0.3 is 10.0 Å². The maximum absolute atomic E-state index is 13.1. The number of phenols is 1. The van der Waals surface area contributed by atoms with Crippen molar-refractivity contribution >= 4 is 22.6 Å². The number of ketones is 1. The van der Waals surface area contributed by atoms with Gasteiger partial charge in [0.1, 0.15) is 11.4 Å². The molecule has 1 fully saturated rings. The molecule has 2 heterocycles. The number of rotatable bonds is 4. The van der Waals surface area contributed by atoms with Crippen LogP contribution < -0.4 is 0 Å². The topological polar surface area (TPSA) is 97.5 Å². The largest absolute Gasteiger partial charge is 0.508 e. The van der Waals surface area contributed by atoms with E-state index in [-0.39, 0.29) is 29.2 Å². The number of nitriles is 1. The number of phenolic OH excluding ortho intramolecular Hbond substituents is 1. The maximum atomic E-state index is 13.1. The van der Waals surface area contributed by atoms with E-state index in [0.29, 0.717) is 36.1 Å². The van der Waals surface area contributed by atoms with Crippen LogP contribution in [0.15, 0.2) is 60.7 Å². The van der Waals surface area contributed by atoms with E-state index in [1.807, 2.05) is 30.0 Å². The van der Waals surface area contributed by atoms with Gasteiger partial charge in [-0.05, 0) is 43.3 Å². The zero-order valence-corrected chi connectivity index (χ0v) is 17.1. The molecule has 2 atom stereocenters. The highest BCUT2D eigenvalue weighted by atomic mass is 16.3. The highest BCUT2D eigenvalue weighted by Gasteiger charge is 2.36. The molecule has 156 valence electrons. The first-order valence-electron chi connectivity index (χ1n) is 10.1. The fraction of sp³-hybridized carbons (Fsp3) is 0.250. The summed E-state index contributed by atoms with van der Waals surface area (Å²) in [6, 6.07) is 18.1. The number of hydrogen-bond acceptors (Lipinski definition) is 6. The highest BCUT2D eigenvalue weighted by Crippen LogP contribution is 2.21. The molecular weight excluding hydrogens is 392 g/mol. The first-order valence-corrected chi connectivity index (χ1v) is 10.1. The van der Waals surface area contributed by atoms with E-state index in [2.05, 4.69) is 11.1 Å². The van der Waals surface area contributed by atoms with Crippen LogP contribution >= 0.6 is 0 Å². The maximum Gasteiger partial charge on any atom is 0.253 e. The molecule has 2 aromatic carbocycles. The Hall–Kier alpha value is -3.76. The molecule has 0 saturated carbocycles. The summed E-state index contributed by atoms with van der Waals surface area (Å²) in [4.78, 5) is 33.8. The van der Waals surface area contributed by atoms with Gasteiger partial charge in [-0.15, -0.1) is 0 Å². The average molecular weight is 414 g/mol. The minimum atomic E-state index is -0.981. The van der Waals surface area contributed by atoms with Gasteiger partial charge in [0.15, 0.2) is 6.04 Å². The van der Waals surface area contributed by atoms with E-state index in [9.17, 15) is 20.0 Å². The first-order chi connectivity index (χ1) is 15.0. The summed E-state index contributed by atoms with van der Waals surface area (Å²) in [7, 11) is 0. The van der Waals surface area contributed by atoms with Crippen LogP contribution in [0.4, 0.5) is 0 Å². The molecule has 1 aromatic heterocycles. The smallest absolute Gasteiger partial charge is 0.253 e. The van der Waals surface area contributed by atoms with Crippen LogP contribution in [0.2, 0.25) is 0 Å². The van der Waals surface area contributed by atoms with Crippen LogP contribution in [-0.2, 0) is 0 Å². The summed E-state index contributed by atoms with van der Waals surface area (Å²) >= 11 is 0. The number of carbonyl (C=O) groups is 2. The fourth-order valence-corrected chi connectivity index (χ4v) is 3.98. The molecule has 0 aliphatic carbocycles. The summed E-state index contributed by atoms with van der Waals surface area (Å²) in [5.41, 5.74) is 1.41. The number of benzene rings is 2. The van der Waals surface area contributed by atoms with Crippen molar-refractivity contribution in [1.82, 2.24) is 14.8 Å². The normalized spacial score (nSPS) is 17.8. The van der Waals surface area contributed by atoms with Crippen LogP contribution in [0.3, 0.4) is 0 Å². The molecule has 7 heteroatoms. The minimum Gasteiger partial charge on any atom is -0.508 e. The molecule has 1 aliphatic heterocycles. The molecule has 1 aliphatic rings. The Morgan fingerprint density at radius 2 is 1.90 bits per heavy atom. The number of pyridine rings is 1. The lowest BCUT2D eigenvalue weighted by Gasteiger charge is -2.41. The SMILES string of the molecule is CC1CN(C(=O)c2ccccc2)CCN1C(C#N)C(=O)c1ccc2cc(O)ccc2n1. The zero-order chi connectivity index (χ0) is 22.0. The quantitative estimate of drug-likeness (QED) is 0.660. The number of fused-ring (bicyclic) bond motifs is 1. The van der Waals surface area contributed by atoms with Crippen molar-refractivity contribution in [2.75, 3.05) is 19.6 Å². The molecule has 2 unspecified atom stereocenters. The Morgan fingerprint density at radius 3 is 2.61 bits per heavy atom.